The number of benzene rings is 1. The first kappa shape index (κ1) is 52.7. The fraction of sp³-hybridized carbons (Fsp3) is 0.643. The monoisotopic (exact) mass is 928 g/mol. The summed E-state index contributed by atoms with van der Waals surface area (Å²) < 4.78 is 5.10. The summed E-state index contributed by atoms with van der Waals surface area (Å²) in [6.07, 6.45) is -1.42. The number of carbonyl (C=O) groups excluding carboxylic acids is 6. The van der Waals surface area contributed by atoms with Gasteiger partial charge in [0.05, 0.1) is 35.4 Å². The van der Waals surface area contributed by atoms with Crippen molar-refractivity contribution < 1.29 is 63.9 Å². The Balaban J connectivity index is 1.87. The number of nitrogens with one attached hydrogen (secondary N) is 3. The molecule has 6 amide bonds. The van der Waals surface area contributed by atoms with E-state index < -0.39 is 108 Å². The predicted molar refractivity (Wildman–Crippen MR) is 230 cm³/mol. The van der Waals surface area contributed by atoms with Gasteiger partial charge in [-0.25, -0.2) is 9.86 Å². The Kier molecular flexibility index (Phi) is 19.0. The second-order valence-corrected chi connectivity index (χ2v) is 18.1. The minimum atomic E-state index is -1.70. The first-order valence-corrected chi connectivity index (χ1v) is 21.7. The van der Waals surface area contributed by atoms with Gasteiger partial charge in [-0.15, -0.1) is 0 Å². The van der Waals surface area contributed by atoms with Gasteiger partial charge in [0.2, 0.25) is 23.6 Å². The van der Waals surface area contributed by atoms with E-state index in [0.717, 1.165) is 15.9 Å². The van der Waals surface area contributed by atoms with Crippen LogP contribution in [0.4, 0.5) is 0 Å². The van der Waals surface area contributed by atoms with Crippen LogP contribution in [0.5, 0.6) is 5.75 Å². The average molecular weight is 930 g/mol. The Morgan fingerprint density at radius 3 is 1.97 bits per heavy atom. The third-order valence-electron chi connectivity index (χ3n) is 11.0. The number of methoxy groups -OCH3 is 1. The standard InChI is InChI=1S/C42H62Cl2N6O13/c1-19(2)13-27(46-38(56)33(23(8)51)47-37(55)32(53)17-24-15-25(43)35(63-9)26(44)16-24)39(57)49-22(7)31(52)18-30(49)36(54)45-28(14-20(3)4)40(58)50(62)34(21(5)6)41(59)48-12-10-11-29(48)42(60)61/h15-17,19-23,27-31,33-34,51-53,62H,10-14,18H2,1-9H3,(H,45,54)(H,46,56)(H,47,55)(H,60,61)/b32-17-/t22-,23-,27+,28+,29+,30+,31+,33+,34+/m1/s1. The van der Waals surface area contributed by atoms with Crippen LogP contribution in [0.2, 0.25) is 10.0 Å². The highest BCUT2D eigenvalue weighted by Gasteiger charge is 2.48. The van der Waals surface area contributed by atoms with Crippen molar-refractivity contribution in [3.8, 4) is 5.75 Å². The number of hydroxylamine groups is 2. The van der Waals surface area contributed by atoms with E-state index in [1.54, 1.807) is 41.5 Å². The van der Waals surface area contributed by atoms with E-state index in [4.69, 9.17) is 27.9 Å². The molecule has 21 heteroatoms. The topological polar surface area (TPSA) is 276 Å². The van der Waals surface area contributed by atoms with Crippen LogP contribution in [0.1, 0.15) is 93.1 Å². The summed E-state index contributed by atoms with van der Waals surface area (Å²) in [6.45, 7) is 13.0. The molecule has 9 atom stereocenters. The molecule has 0 radical (unpaired) electrons. The SMILES string of the molecule is COc1c(Cl)cc(/C=C(\O)C(=O)N[C@H](C(=O)N[C@@H](CC(C)C)C(=O)N2[C@H](C)[C@@H](O)C[C@H]2C(=O)N[C@@H](CC(C)C)C(=O)N(O)[C@H](C(=O)N2CCC[C@H]2C(=O)O)C(C)C)[C@@H](C)O)cc1Cl. The molecule has 0 unspecified atom stereocenters. The summed E-state index contributed by atoms with van der Waals surface area (Å²) >= 11 is 12.3. The minimum absolute atomic E-state index is 0.00114. The number of aliphatic hydroxyl groups is 3. The minimum Gasteiger partial charge on any atom is -0.503 e. The van der Waals surface area contributed by atoms with Gasteiger partial charge < -0.3 is 50.9 Å². The third-order valence-corrected chi connectivity index (χ3v) is 11.6. The van der Waals surface area contributed by atoms with E-state index in [2.05, 4.69) is 16.0 Å². The number of aliphatic carboxylic acids is 1. The number of likely N-dealkylation sites (tertiary alicyclic amines) is 2. The van der Waals surface area contributed by atoms with Gasteiger partial charge in [0.25, 0.3) is 11.8 Å². The maximum Gasteiger partial charge on any atom is 0.326 e. The molecular weight excluding hydrogens is 867 g/mol. The van der Waals surface area contributed by atoms with E-state index in [0.29, 0.717) is 6.42 Å². The van der Waals surface area contributed by atoms with Gasteiger partial charge in [0.1, 0.15) is 36.3 Å². The summed E-state index contributed by atoms with van der Waals surface area (Å²) in [4.78, 5) is 97.2. The predicted octanol–water partition coefficient (Wildman–Crippen LogP) is 2.50. The van der Waals surface area contributed by atoms with E-state index in [1.165, 1.54) is 33.1 Å². The lowest BCUT2D eigenvalue weighted by Gasteiger charge is -2.36. The van der Waals surface area contributed by atoms with Crippen LogP contribution in [-0.4, -0.2) is 150 Å². The number of halogens is 2. The Morgan fingerprint density at radius 1 is 0.889 bits per heavy atom. The highest BCUT2D eigenvalue weighted by Crippen LogP contribution is 2.34. The molecule has 1 aromatic carbocycles. The zero-order chi connectivity index (χ0) is 47.8. The fourth-order valence-electron chi connectivity index (χ4n) is 7.82. The smallest absolute Gasteiger partial charge is 0.326 e. The van der Waals surface area contributed by atoms with Crippen molar-refractivity contribution >= 4 is 70.7 Å². The molecule has 63 heavy (non-hydrogen) atoms. The quantitative estimate of drug-likeness (QED) is 0.0429. The van der Waals surface area contributed by atoms with Gasteiger partial charge in [-0.2, -0.15) is 0 Å². The third kappa shape index (κ3) is 13.2. The van der Waals surface area contributed by atoms with Crippen LogP contribution < -0.4 is 20.7 Å². The van der Waals surface area contributed by atoms with Gasteiger partial charge in [0, 0.05) is 13.0 Å². The lowest BCUT2D eigenvalue weighted by atomic mass is 9.98. The first-order chi connectivity index (χ1) is 29.3. The summed E-state index contributed by atoms with van der Waals surface area (Å²) in [5, 5.41) is 61.0. The molecule has 19 nitrogen and oxygen atoms in total. The molecule has 1 aromatic rings. The van der Waals surface area contributed by atoms with Crippen LogP contribution >= 0.6 is 23.2 Å². The number of nitrogens with zero attached hydrogens (tertiary/aromatic N) is 3. The summed E-state index contributed by atoms with van der Waals surface area (Å²) in [5.74, 6) is -8.75. The second-order valence-electron chi connectivity index (χ2n) is 17.3. The van der Waals surface area contributed by atoms with Crippen molar-refractivity contribution in [2.75, 3.05) is 13.7 Å². The molecule has 0 bridgehead atoms. The van der Waals surface area contributed by atoms with Gasteiger partial charge in [0.15, 0.2) is 11.5 Å². The maximum atomic E-state index is 14.5. The maximum absolute atomic E-state index is 14.5. The number of carboxylic acids is 1. The molecule has 0 spiro atoms. The normalized spacial score (nSPS) is 21.4. The highest BCUT2D eigenvalue weighted by molar-refractivity contribution is 6.37. The van der Waals surface area contributed by atoms with Crippen molar-refractivity contribution in [1.29, 1.82) is 0 Å². The lowest BCUT2D eigenvalue weighted by molar-refractivity contribution is -0.190. The van der Waals surface area contributed by atoms with Crippen LogP contribution in [0.25, 0.3) is 6.08 Å². The first-order valence-electron chi connectivity index (χ1n) is 20.9. The fourth-order valence-corrected chi connectivity index (χ4v) is 8.48. The molecule has 352 valence electrons. The van der Waals surface area contributed by atoms with Crippen molar-refractivity contribution in [1.82, 2.24) is 30.8 Å². The van der Waals surface area contributed by atoms with Gasteiger partial charge in [-0.05, 0) is 81.1 Å². The van der Waals surface area contributed by atoms with Crippen molar-refractivity contribution in [3.63, 3.8) is 0 Å². The molecule has 0 aromatic heterocycles. The van der Waals surface area contributed by atoms with Crippen molar-refractivity contribution in [3.05, 3.63) is 33.5 Å². The largest absolute Gasteiger partial charge is 0.503 e. The molecule has 3 rings (SSSR count). The molecule has 2 aliphatic heterocycles. The van der Waals surface area contributed by atoms with Gasteiger partial charge >= 0.3 is 5.97 Å². The van der Waals surface area contributed by atoms with Crippen molar-refractivity contribution in [2.45, 2.75) is 142 Å². The summed E-state index contributed by atoms with van der Waals surface area (Å²) in [7, 11) is 1.35. The number of aliphatic hydroxyl groups excluding tert-OH is 3. The Bertz CT molecular complexity index is 1870. The van der Waals surface area contributed by atoms with Crippen LogP contribution in [0, 0.1) is 17.8 Å². The number of carbonyl (C=O) groups is 7. The highest BCUT2D eigenvalue weighted by atomic mass is 35.5. The number of hydrogen-bond acceptors (Lipinski definition) is 12. The molecule has 2 aliphatic rings. The van der Waals surface area contributed by atoms with E-state index in [1.807, 2.05) is 0 Å². The number of amides is 6. The van der Waals surface area contributed by atoms with E-state index in [-0.39, 0.29) is 70.5 Å². The Morgan fingerprint density at radius 2 is 1.46 bits per heavy atom. The zero-order valence-corrected chi connectivity index (χ0v) is 38.5. The lowest BCUT2D eigenvalue weighted by Crippen LogP contribution is -2.61. The molecule has 0 aliphatic carbocycles. The number of rotatable bonds is 19. The summed E-state index contributed by atoms with van der Waals surface area (Å²) in [5.41, 5.74) is 0.205. The van der Waals surface area contributed by atoms with E-state index in [9.17, 15) is 59.2 Å². The number of hydrogen-bond donors (Lipinski definition) is 8. The van der Waals surface area contributed by atoms with Gasteiger partial charge in [-0.1, -0.05) is 64.7 Å². The number of ether oxygens (including phenoxy) is 1. The zero-order valence-electron chi connectivity index (χ0n) is 37.0. The van der Waals surface area contributed by atoms with Gasteiger partial charge in [-0.3, -0.25) is 34.0 Å². The van der Waals surface area contributed by atoms with Crippen molar-refractivity contribution in [2.24, 2.45) is 17.8 Å². The molecule has 0 saturated carbocycles. The Labute approximate surface area is 377 Å². The molecule has 2 fully saturated rings. The average Bonchev–Trinajstić information content (AvgIpc) is 3.79. The number of carboxylic acid groups (broad SMARTS) is 1. The van der Waals surface area contributed by atoms with Crippen LogP contribution in [-0.2, 0) is 33.6 Å². The van der Waals surface area contributed by atoms with Crippen LogP contribution in [0.3, 0.4) is 0 Å². The molecule has 2 heterocycles. The Hall–Kier alpha value is -4.69. The molecule has 8 N–H and O–H groups in total. The second kappa shape index (κ2) is 22.8. The molecular formula is C42H62Cl2N6O13. The van der Waals surface area contributed by atoms with E-state index >= 15 is 0 Å². The summed E-state index contributed by atoms with van der Waals surface area (Å²) in [6, 6.07) is -6.76. The van der Waals surface area contributed by atoms with Crippen LogP contribution in [0.15, 0.2) is 17.9 Å². The molecule has 2 saturated heterocycles.